The number of hydrogen-bond acceptors (Lipinski definition) is 5. The predicted molar refractivity (Wildman–Crippen MR) is 60.2 cm³/mol. The van der Waals surface area contributed by atoms with Crippen molar-refractivity contribution >= 4 is 26.6 Å². The van der Waals surface area contributed by atoms with Gasteiger partial charge in [-0.1, -0.05) is 24.3 Å². The molecule has 0 aromatic heterocycles. The standard InChI is InChI=1S/C10H8N2O4S/c11-12-9-8(17(14,15)16)5-6-3-1-2-4-7(6)10(9)13/h1-5,11,13H,(H,14,15,16). The highest BCUT2D eigenvalue weighted by Gasteiger charge is 2.21. The third kappa shape index (κ3) is 1.85. The molecule has 0 saturated heterocycles. The van der Waals surface area contributed by atoms with Crippen LogP contribution in [0.1, 0.15) is 0 Å². The van der Waals surface area contributed by atoms with Crippen LogP contribution in [0.2, 0.25) is 0 Å². The summed E-state index contributed by atoms with van der Waals surface area (Å²) < 4.78 is 31.2. The molecule has 0 radical (unpaired) electrons. The number of benzene rings is 2. The number of fused-ring (bicyclic) bond motifs is 1. The van der Waals surface area contributed by atoms with Crippen molar-refractivity contribution in [3.05, 3.63) is 30.3 Å². The highest BCUT2D eigenvalue weighted by atomic mass is 32.2. The van der Waals surface area contributed by atoms with Crippen molar-refractivity contribution in [1.29, 1.82) is 5.53 Å². The molecule has 17 heavy (non-hydrogen) atoms. The topological polar surface area (TPSA) is 111 Å². The van der Waals surface area contributed by atoms with Crippen molar-refractivity contribution < 1.29 is 18.1 Å². The molecule has 6 nitrogen and oxygen atoms in total. The summed E-state index contributed by atoms with van der Waals surface area (Å²) >= 11 is 0. The summed E-state index contributed by atoms with van der Waals surface area (Å²) in [4.78, 5) is -0.580. The van der Waals surface area contributed by atoms with Gasteiger partial charge >= 0.3 is 0 Å². The number of nitrogens with one attached hydrogen (secondary N) is 1. The maximum Gasteiger partial charge on any atom is 0.296 e. The Morgan fingerprint density at radius 1 is 1.24 bits per heavy atom. The Balaban J connectivity index is 3.00. The van der Waals surface area contributed by atoms with Gasteiger partial charge in [0.05, 0.1) is 0 Å². The molecule has 0 aliphatic heterocycles. The Bertz CT molecular complexity index is 710. The maximum absolute atomic E-state index is 11.1. The van der Waals surface area contributed by atoms with Gasteiger partial charge in [-0.3, -0.25) is 4.55 Å². The van der Waals surface area contributed by atoms with Gasteiger partial charge in [-0.25, -0.2) is 5.53 Å². The van der Waals surface area contributed by atoms with E-state index in [4.69, 9.17) is 10.1 Å². The molecule has 7 heteroatoms. The van der Waals surface area contributed by atoms with E-state index in [-0.39, 0.29) is 0 Å². The van der Waals surface area contributed by atoms with Gasteiger partial charge in [-0.15, -0.1) is 0 Å². The van der Waals surface area contributed by atoms with Crippen LogP contribution in [0, 0.1) is 5.53 Å². The Hall–Kier alpha value is -1.99. The summed E-state index contributed by atoms with van der Waals surface area (Å²) in [5.41, 5.74) is 6.40. The normalized spacial score (nSPS) is 11.6. The number of hydrogen-bond donors (Lipinski definition) is 3. The van der Waals surface area contributed by atoms with Crippen molar-refractivity contribution in [2.45, 2.75) is 4.90 Å². The van der Waals surface area contributed by atoms with Gasteiger partial charge in [-0.2, -0.15) is 13.5 Å². The second-order valence-corrected chi connectivity index (χ2v) is 4.77. The molecule has 0 aliphatic rings. The Morgan fingerprint density at radius 2 is 1.88 bits per heavy atom. The first-order chi connectivity index (χ1) is 7.95. The van der Waals surface area contributed by atoms with Crippen LogP contribution >= 0.6 is 0 Å². The summed E-state index contributed by atoms with van der Waals surface area (Å²) in [6, 6.07) is 7.62. The summed E-state index contributed by atoms with van der Waals surface area (Å²) in [6.45, 7) is 0. The molecular weight excluding hydrogens is 244 g/mol. The molecule has 0 bridgehead atoms. The lowest BCUT2D eigenvalue weighted by molar-refractivity contribution is 0.471. The van der Waals surface area contributed by atoms with Crippen LogP contribution in [-0.4, -0.2) is 18.1 Å². The molecular formula is C10H8N2O4S. The van der Waals surface area contributed by atoms with E-state index in [1.165, 1.54) is 0 Å². The molecule has 0 aliphatic carbocycles. The van der Waals surface area contributed by atoms with Crippen LogP contribution in [0.3, 0.4) is 0 Å². The minimum atomic E-state index is -4.53. The molecule has 0 amide bonds. The molecule has 3 N–H and O–H groups in total. The lowest BCUT2D eigenvalue weighted by Gasteiger charge is -2.07. The zero-order valence-electron chi connectivity index (χ0n) is 8.45. The maximum atomic E-state index is 11.1. The van der Waals surface area contributed by atoms with Crippen LogP contribution in [0.25, 0.3) is 10.8 Å². The van der Waals surface area contributed by atoms with Crippen molar-refractivity contribution in [3.63, 3.8) is 0 Å². The first-order valence-electron chi connectivity index (χ1n) is 4.55. The van der Waals surface area contributed by atoms with Gasteiger partial charge in [0.2, 0.25) is 0 Å². The fourth-order valence-electron chi connectivity index (χ4n) is 1.60. The molecule has 88 valence electrons. The van der Waals surface area contributed by atoms with Crippen LogP contribution in [0.15, 0.2) is 40.3 Å². The van der Waals surface area contributed by atoms with Gasteiger partial charge in [0.25, 0.3) is 10.1 Å². The lowest BCUT2D eigenvalue weighted by Crippen LogP contribution is -1.98. The summed E-state index contributed by atoms with van der Waals surface area (Å²) in [5, 5.41) is 13.6. The molecule has 2 rings (SSSR count). The molecule has 2 aromatic rings. The first-order valence-corrected chi connectivity index (χ1v) is 5.99. The van der Waals surface area contributed by atoms with E-state index in [9.17, 15) is 13.5 Å². The largest absolute Gasteiger partial charge is 0.505 e. The van der Waals surface area contributed by atoms with Crippen molar-refractivity contribution in [3.8, 4) is 5.75 Å². The average Bonchev–Trinajstić information content (AvgIpc) is 2.28. The molecule has 0 unspecified atom stereocenters. The second-order valence-electron chi connectivity index (χ2n) is 3.38. The van der Waals surface area contributed by atoms with E-state index in [0.717, 1.165) is 6.07 Å². The van der Waals surface area contributed by atoms with E-state index < -0.39 is 26.5 Å². The lowest BCUT2D eigenvalue weighted by atomic mass is 10.1. The zero-order chi connectivity index (χ0) is 12.6. The van der Waals surface area contributed by atoms with Gasteiger partial charge in [-0.05, 0) is 11.5 Å². The third-order valence-electron chi connectivity index (χ3n) is 2.35. The van der Waals surface area contributed by atoms with Crippen molar-refractivity contribution in [1.82, 2.24) is 0 Å². The number of aromatic hydroxyl groups is 1. The highest BCUT2D eigenvalue weighted by molar-refractivity contribution is 7.86. The molecule has 0 spiro atoms. The number of phenols is 1. The Morgan fingerprint density at radius 3 is 2.47 bits per heavy atom. The fourth-order valence-corrected chi connectivity index (χ4v) is 2.26. The van der Waals surface area contributed by atoms with E-state index >= 15 is 0 Å². The van der Waals surface area contributed by atoms with E-state index in [1.807, 2.05) is 0 Å². The summed E-state index contributed by atoms with van der Waals surface area (Å²) in [5.74, 6) is -0.439. The number of rotatable bonds is 2. The first kappa shape index (κ1) is 11.5. The second kappa shape index (κ2) is 3.79. The Kier molecular flexibility index (Phi) is 2.56. The highest BCUT2D eigenvalue weighted by Crippen LogP contribution is 2.40. The molecule has 0 atom stereocenters. The van der Waals surface area contributed by atoms with E-state index in [0.29, 0.717) is 10.8 Å². The minimum absolute atomic E-state index is 0.367. The summed E-state index contributed by atoms with van der Waals surface area (Å²) in [7, 11) is -4.53. The molecule has 0 saturated carbocycles. The van der Waals surface area contributed by atoms with Gasteiger partial charge in [0.1, 0.15) is 10.6 Å². The van der Waals surface area contributed by atoms with E-state index in [1.54, 1.807) is 24.3 Å². The predicted octanol–water partition coefficient (Wildman–Crippen LogP) is 2.45. The van der Waals surface area contributed by atoms with Crippen LogP contribution in [0.5, 0.6) is 5.75 Å². The van der Waals surface area contributed by atoms with Crippen molar-refractivity contribution in [2.75, 3.05) is 0 Å². The SMILES string of the molecule is N=Nc1c(S(=O)(=O)O)cc2ccccc2c1O. The fraction of sp³-hybridized carbons (Fsp3) is 0. The average molecular weight is 252 g/mol. The molecule has 0 fully saturated rings. The number of phenolic OH excluding ortho intramolecular Hbond substituents is 1. The van der Waals surface area contributed by atoms with Gasteiger partial charge in [0.15, 0.2) is 5.75 Å². The zero-order valence-corrected chi connectivity index (χ0v) is 9.27. The van der Waals surface area contributed by atoms with Gasteiger partial charge < -0.3 is 5.11 Å². The monoisotopic (exact) mass is 252 g/mol. The quantitative estimate of drug-likeness (QED) is 0.563. The number of nitrogens with zero attached hydrogens (tertiary/aromatic N) is 1. The van der Waals surface area contributed by atoms with E-state index in [2.05, 4.69) is 5.11 Å². The van der Waals surface area contributed by atoms with Crippen LogP contribution in [-0.2, 0) is 10.1 Å². The minimum Gasteiger partial charge on any atom is -0.505 e. The van der Waals surface area contributed by atoms with Crippen LogP contribution in [0.4, 0.5) is 5.69 Å². The van der Waals surface area contributed by atoms with Gasteiger partial charge in [0, 0.05) is 5.39 Å². The summed E-state index contributed by atoms with van der Waals surface area (Å²) in [6.07, 6.45) is 0. The molecule has 2 aromatic carbocycles. The Labute approximate surface area is 96.8 Å². The van der Waals surface area contributed by atoms with Crippen molar-refractivity contribution in [2.24, 2.45) is 5.11 Å². The third-order valence-corrected chi connectivity index (χ3v) is 3.22. The molecule has 0 heterocycles. The smallest absolute Gasteiger partial charge is 0.296 e. The van der Waals surface area contributed by atoms with Crippen LogP contribution < -0.4 is 0 Å².